The normalized spacial score (nSPS) is 18.1. The molecule has 1 aliphatic rings. The van der Waals surface area contributed by atoms with Gasteiger partial charge in [-0.05, 0) is 44.1 Å². The number of halogens is 1. The van der Waals surface area contributed by atoms with Gasteiger partial charge in [-0.3, -0.25) is 4.79 Å². The van der Waals surface area contributed by atoms with Gasteiger partial charge < -0.3 is 10.1 Å². The molecule has 0 saturated carbocycles. The summed E-state index contributed by atoms with van der Waals surface area (Å²) >= 11 is 3.45. The van der Waals surface area contributed by atoms with Gasteiger partial charge in [-0.2, -0.15) is 0 Å². The van der Waals surface area contributed by atoms with E-state index in [0.717, 1.165) is 41.7 Å². The number of benzene rings is 1. The van der Waals surface area contributed by atoms with Crippen LogP contribution in [0.1, 0.15) is 25.3 Å². The van der Waals surface area contributed by atoms with Crippen LogP contribution in [0.15, 0.2) is 22.7 Å². The summed E-state index contributed by atoms with van der Waals surface area (Å²) < 4.78 is 6.31. The Morgan fingerprint density at radius 3 is 2.74 bits per heavy atom. The SMILES string of the molecule is COc1ccc(Br)cc1CC(=O)C1(C)CCNCC1. The van der Waals surface area contributed by atoms with E-state index in [1.54, 1.807) is 7.11 Å². The number of methoxy groups -OCH3 is 1. The third-order valence-electron chi connectivity index (χ3n) is 3.97. The van der Waals surface area contributed by atoms with Crippen molar-refractivity contribution in [1.29, 1.82) is 0 Å². The van der Waals surface area contributed by atoms with E-state index in [1.165, 1.54) is 0 Å². The standard InChI is InChI=1S/C15H20BrNO2/c1-15(5-7-17-8-6-15)14(18)10-11-9-12(16)3-4-13(11)19-2/h3-4,9,17H,5-8,10H2,1-2H3. The van der Waals surface area contributed by atoms with Crippen LogP contribution in [0.25, 0.3) is 0 Å². The molecule has 1 aromatic rings. The molecule has 1 aliphatic heterocycles. The van der Waals surface area contributed by atoms with Crippen molar-refractivity contribution in [1.82, 2.24) is 5.32 Å². The molecule has 0 atom stereocenters. The maximum absolute atomic E-state index is 12.6. The molecule has 0 aromatic heterocycles. The van der Waals surface area contributed by atoms with Crippen molar-refractivity contribution in [3.63, 3.8) is 0 Å². The van der Waals surface area contributed by atoms with Crippen molar-refractivity contribution < 1.29 is 9.53 Å². The highest BCUT2D eigenvalue weighted by Gasteiger charge is 2.34. The lowest BCUT2D eigenvalue weighted by Gasteiger charge is -2.32. The van der Waals surface area contributed by atoms with Gasteiger partial charge in [0.2, 0.25) is 0 Å². The quantitative estimate of drug-likeness (QED) is 0.924. The Balaban J connectivity index is 2.16. The van der Waals surface area contributed by atoms with E-state index in [4.69, 9.17) is 4.74 Å². The Morgan fingerprint density at radius 1 is 1.42 bits per heavy atom. The van der Waals surface area contributed by atoms with Gasteiger partial charge in [0, 0.05) is 21.9 Å². The van der Waals surface area contributed by atoms with Crippen LogP contribution >= 0.6 is 15.9 Å². The number of rotatable bonds is 4. The predicted molar refractivity (Wildman–Crippen MR) is 79.6 cm³/mol. The second kappa shape index (κ2) is 6.06. The molecule has 0 unspecified atom stereocenters. The number of nitrogens with one attached hydrogen (secondary N) is 1. The molecule has 1 saturated heterocycles. The lowest BCUT2D eigenvalue weighted by Crippen LogP contribution is -2.40. The van der Waals surface area contributed by atoms with Gasteiger partial charge in [-0.15, -0.1) is 0 Å². The summed E-state index contributed by atoms with van der Waals surface area (Å²) in [5.74, 6) is 1.10. The zero-order valence-electron chi connectivity index (χ0n) is 11.5. The third kappa shape index (κ3) is 3.37. The number of hydrogen-bond donors (Lipinski definition) is 1. The number of carbonyl (C=O) groups is 1. The van der Waals surface area contributed by atoms with Crippen LogP contribution in [0.3, 0.4) is 0 Å². The van der Waals surface area contributed by atoms with Crippen molar-refractivity contribution in [2.45, 2.75) is 26.2 Å². The molecule has 1 aromatic carbocycles. The van der Waals surface area contributed by atoms with Crippen LogP contribution < -0.4 is 10.1 Å². The topological polar surface area (TPSA) is 38.3 Å². The summed E-state index contributed by atoms with van der Waals surface area (Å²) in [5.41, 5.74) is 0.764. The third-order valence-corrected chi connectivity index (χ3v) is 4.47. The fourth-order valence-corrected chi connectivity index (χ4v) is 2.94. The Morgan fingerprint density at radius 2 is 2.11 bits per heavy atom. The van der Waals surface area contributed by atoms with Gasteiger partial charge >= 0.3 is 0 Å². The predicted octanol–water partition coefficient (Wildman–Crippen LogP) is 2.96. The van der Waals surface area contributed by atoms with Gasteiger partial charge in [0.25, 0.3) is 0 Å². The highest BCUT2D eigenvalue weighted by Crippen LogP contribution is 2.32. The first kappa shape index (κ1) is 14.5. The molecule has 104 valence electrons. The summed E-state index contributed by atoms with van der Waals surface area (Å²) in [6.07, 6.45) is 2.28. The molecule has 0 spiro atoms. The highest BCUT2D eigenvalue weighted by molar-refractivity contribution is 9.10. The van der Waals surface area contributed by atoms with E-state index in [1.807, 2.05) is 18.2 Å². The smallest absolute Gasteiger partial charge is 0.143 e. The van der Waals surface area contributed by atoms with Gasteiger partial charge in [0.15, 0.2) is 0 Å². The number of hydrogen-bond acceptors (Lipinski definition) is 3. The summed E-state index contributed by atoms with van der Waals surface area (Å²) in [6.45, 7) is 3.94. The largest absolute Gasteiger partial charge is 0.496 e. The van der Waals surface area contributed by atoms with Gasteiger partial charge in [0.1, 0.15) is 11.5 Å². The first-order valence-electron chi connectivity index (χ1n) is 6.61. The molecule has 0 radical (unpaired) electrons. The maximum atomic E-state index is 12.6. The molecule has 4 heteroatoms. The van der Waals surface area contributed by atoms with Gasteiger partial charge in [-0.25, -0.2) is 0 Å². The van der Waals surface area contributed by atoms with Crippen LogP contribution in [0.2, 0.25) is 0 Å². The first-order valence-corrected chi connectivity index (χ1v) is 7.41. The Hall–Kier alpha value is -0.870. The van der Waals surface area contributed by atoms with Crippen LogP contribution in [0.4, 0.5) is 0 Å². The number of ether oxygens (including phenoxy) is 1. The second-order valence-corrected chi connectivity index (χ2v) is 6.28. The van der Waals surface area contributed by atoms with Crippen molar-refractivity contribution in [2.24, 2.45) is 5.41 Å². The van der Waals surface area contributed by atoms with Gasteiger partial charge in [-0.1, -0.05) is 22.9 Å². The van der Waals surface area contributed by atoms with Crippen LogP contribution in [0, 0.1) is 5.41 Å². The molecule has 1 N–H and O–H groups in total. The zero-order valence-corrected chi connectivity index (χ0v) is 13.0. The molecule has 2 rings (SSSR count). The minimum atomic E-state index is -0.196. The average Bonchev–Trinajstić information content (AvgIpc) is 2.40. The molecule has 0 bridgehead atoms. The Labute approximate surface area is 122 Å². The molecule has 19 heavy (non-hydrogen) atoms. The summed E-state index contributed by atoms with van der Waals surface area (Å²) in [5, 5.41) is 3.31. The average molecular weight is 326 g/mol. The number of piperidine rings is 1. The Kier molecular flexibility index (Phi) is 4.63. The maximum Gasteiger partial charge on any atom is 0.143 e. The minimum Gasteiger partial charge on any atom is -0.496 e. The van der Waals surface area contributed by atoms with Crippen molar-refractivity contribution in [2.75, 3.05) is 20.2 Å². The number of Topliss-reactive ketones (excluding diaryl/α,β-unsaturated/α-hetero) is 1. The van der Waals surface area contributed by atoms with Crippen LogP contribution in [-0.2, 0) is 11.2 Å². The van der Waals surface area contributed by atoms with Crippen molar-refractivity contribution in [3.05, 3.63) is 28.2 Å². The fourth-order valence-electron chi connectivity index (χ4n) is 2.53. The van der Waals surface area contributed by atoms with Crippen LogP contribution in [-0.4, -0.2) is 26.0 Å². The van der Waals surface area contributed by atoms with Crippen molar-refractivity contribution >= 4 is 21.7 Å². The monoisotopic (exact) mass is 325 g/mol. The number of ketones is 1. The van der Waals surface area contributed by atoms with E-state index in [2.05, 4.69) is 28.2 Å². The highest BCUT2D eigenvalue weighted by atomic mass is 79.9. The Bertz CT molecular complexity index is 467. The van der Waals surface area contributed by atoms with E-state index in [0.29, 0.717) is 12.2 Å². The fraction of sp³-hybridized carbons (Fsp3) is 0.533. The molecule has 1 fully saturated rings. The molecule has 0 aliphatic carbocycles. The lowest BCUT2D eigenvalue weighted by molar-refractivity contribution is -0.128. The summed E-state index contributed by atoms with van der Waals surface area (Å²) in [4.78, 5) is 12.6. The van der Waals surface area contributed by atoms with Gasteiger partial charge in [0.05, 0.1) is 7.11 Å². The van der Waals surface area contributed by atoms with E-state index < -0.39 is 0 Å². The van der Waals surface area contributed by atoms with E-state index in [-0.39, 0.29) is 5.41 Å². The van der Waals surface area contributed by atoms with Crippen LogP contribution in [0.5, 0.6) is 5.75 Å². The molecule has 0 amide bonds. The first-order chi connectivity index (χ1) is 9.05. The molecular formula is C15H20BrNO2. The summed E-state index contributed by atoms with van der Waals surface area (Å²) in [7, 11) is 1.64. The zero-order chi connectivity index (χ0) is 13.9. The molecule has 3 nitrogen and oxygen atoms in total. The minimum absolute atomic E-state index is 0.196. The summed E-state index contributed by atoms with van der Waals surface area (Å²) in [6, 6.07) is 5.80. The van der Waals surface area contributed by atoms with E-state index in [9.17, 15) is 4.79 Å². The lowest BCUT2D eigenvalue weighted by atomic mass is 9.75. The molecular weight excluding hydrogens is 306 g/mol. The molecule has 1 heterocycles. The second-order valence-electron chi connectivity index (χ2n) is 5.37. The number of carbonyl (C=O) groups excluding carboxylic acids is 1. The van der Waals surface area contributed by atoms with Crippen molar-refractivity contribution in [3.8, 4) is 5.75 Å². The van der Waals surface area contributed by atoms with E-state index >= 15 is 0 Å².